The van der Waals surface area contributed by atoms with Crippen molar-refractivity contribution in [3.05, 3.63) is 60.2 Å². The van der Waals surface area contributed by atoms with Crippen LogP contribution in [0.15, 0.2) is 54.6 Å². The Kier molecular flexibility index (Phi) is 7.24. The zero-order valence-corrected chi connectivity index (χ0v) is 16.8. The Bertz CT molecular complexity index is 853. The summed E-state index contributed by atoms with van der Waals surface area (Å²) >= 11 is 0. The highest BCUT2D eigenvalue weighted by Gasteiger charge is 2.21. The van der Waals surface area contributed by atoms with E-state index in [9.17, 15) is 13.2 Å². The van der Waals surface area contributed by atoms with Crippen molar-refractivity contribution in [3.63, 3.8) is 0 Å². The molecule has 0 fully saturated rings. The lowest BCUT2D eigenvalue weighted by molar-refractivity contribution is -0.130. The first-order valence-electron chi connectivity index (χ1n) is 8.71. The maximum atomic E-state index is 12.4. The quantitative estimate of drug-likeness (QED) is 0.660. The van der Waals surface area contributed by atoms with Gasteiger partial charge in [0, 0.05) is 26.6 Å². The smallest absolute Gasteiger partial charge is 0.232 e. The SMILES string of the molecule is COc1ccccc1N(CCCC(=O)N(C)Cc1ccccc1)S(C)(=O)=O. The number of hydrogen-bond acceptors (Lipinski definition) is 4. The van der Waals surface area contributed by atoms with E-state index < -0.39 is 10.0 Å². The van der Waals surface area contributed by atoms with Gasteiger partial charge in [0.2, 0.25) is 15.9 Å². The zero-order valence-electron chi connectivity index (χ0n) is 16.0. The van der Waals surface area contributed by atoms with Crippen molar-refractivity contribution in [2.45, 2.75) is 19.4 Å². The van der Waals surface area contributed by atoms with E-state index in [1.807, 2.05) is 30.3 Å². The van der Waals surface area contributed by atoms with Crippen LogP contribution in [0.25, 0.3) is 0 Å². The summed E-state index contributed by atoms with van der Waals surface area (Å²) in [7, 11) is -0.234. The molecule has 0 aliphatic carbocycles. The minimum atomic E-state index is -3.49. The molecule has 7 heteroatoms. The highest BCUT2D eigenvalue weighted by atomic mass is 32.2. The predicted molar refractivity (Wildman–Crippen MR) is 107 cm³/mol. The van der Waals surface area contributed by atoms with Crippen LogP contribution in [-0.4, -0.2) is 46.2 Å². The Labute approximate surface area is 161 Å². The number of anilines is 1. The van der Waals surface area contributed by atoms with Gasteiger partial charge in [-0.25, -0.2) is 8.42 Å². The topological polar surface area (TPSA) is 66.9 Å². The lowest BCUT2D eigenvalue weighted by atomic mass is 10.2. The molecule has 0 bridgehead atoms. The second-order valence-corrected chi connectivity index (χ2v) is 8.25. The van der Waals surface area contributed by atoms with Crippen LogP contribution in [0.2, 0.25) is 0 Å². The number of methoxy groups -OCH3 is 1. The second-order valence-electron chi connectivity index (χ2n) is 6.35. The number of benzene rings is 2. The molecule has 2 aromatic rings. The number of ether oxygens (including phenoxy) is 1. The van der Waals surface area contributed by atoms with Gasteiger partial charge >= 0.3 is 0 Å². The number of sulfonamides is 1. The molecule has 0 heterocycles. The average molecular weight is 391 g/mol. The summed E-state index contributed by atoms with van der Waals surface area (Å²) in [5, 5.41) is 0. The maximum Gasteiger partial charge on any atom is 0.232 e. The number of amides is 1. The number of carbonyl (C=O) groups excluding carboxylic acids is 1. The van der Waals surface area contributed by atoms with Crippen molar-refractivity contribution in [2.24, 2.45) is 0 Å². The van der Waals surface area contributed by atoms with Crippen LogP contribution in [0.4, 0.5) is 5.69 Å². The maximum absolute atomic E-state index is 12.4. The summed E-state index contributed by atoms with van der Waals surface area (Å²) in [4.78, 5) is 14.0. The third kappa shape index (κ3) is 5.99. The normalized spacial score (nSPS) is 11.1. The average Bonchev–Trinajstić information content (AvgIpc) is 2.65. The van der Waals surface area contributed by atoms with Crippen molar-refractivity contribution in [3.8, 4) is 5.75 Å². The molecule has 0 saturated carbocycles. The van der Waals surface area contributed by atoms with Gasteiger partial charge in [-0.05, 0) is 24.1 Å². The summed E-state index contributed by atoms with van der Waals surface area (Å²) in [6, 6.07) is 16.7. The molecule has 1 amide bonds. The lowest BCUT2D eigenvalue weighted by Gasteiger charge is -2.24. The van der Waals surface area contributed by atoms with E-state index in [0.717, 1.165) is 11.8 Å². The number of carbonyl (C=O) groups is 1. The molecular weight excluding hydrogens is 364 g/mol. The third-order valence-corrected chi connectivity index (χ3v) is 5.37. The summed E-state index contributed by atoms with van der Waals surface area (Å²) in [6.07, 6.45) is 1.84. The molecule has 0 unspecified atom stereocenters. The van der Waals surface area contributed by atoms with Gasteiger partial charge in [0.25, 0.3) is 0 Å². The van der Waals surface area contributed by atoms with E-state index in [1.165, 1.54) is 11.4 Å². The third-order valence-electron chi connectivity index (χ3n) is 4.19. The van der Waals surface area contributed by atoms with Crippen molar-refractivity contribution in [2.75, 3.05) is 31.3 Å². The van der Waals surface area contributed by atoms with Crippen LogP contribution < -0.4 is 9.04 Å². The zero-order chi connectivity index (χ0) is 19.9. The largest absolute Gasteiger partial charge is 0.495 e. The van der Waals surface area contributed by atoms with Gasteiger partial charge < -0.3 is 9.64 Å². The van der Waals surface area contributed by atoms with Gasteiger partial charge in [-0.2, -0.15) is 0 Å². The lowest BCUT2D eigenvalue weighted by Crippen LogP contribution is -2.32. The first-order valence-corrected chi connectivity index (χ1v) is 10.6. The molecule has 0 aliphatic heterocycles. The van der Waals surface area contributed by atoms with Crippen LogP contribution in [0, 0.1) is 0 Å². The molecule has 146 valence electrons. The van der Waals surface area contributed by atoms with Crippen molar-refractivity contribution in [1.82, 2.24) is 4.90 Å². The van der Waals surface area contributed by atoms with E-state index in [-0.39, 0.29) is 18.9 Å². The van der Waals surface area contributed by atoms with E-state index in [2.05, 4.69) is 0 Å². The van der Waals surface area contributed by atoms with Crippen LogP contribution in [0.5, 0.6) is 5.75 Å². The van der Waals surface area contributed by atoms with E-state index >= 15 is 0 Å². The molecular formula is C20H26N2O4S. The molecule has 0 atom stereocenters. The molecule has 0 N–H and O–H groups in total. The highest BCUT2D eigenvalue weighted by molar-refractivity contribution is 7.92. The van der Waals surface area contributed by atoms with Crippen molar-refractivity contribution in [1.29, 1.82) is 0 Å². The van der Waals surface area contributed by atoms with Gasteiger partial charge in [0.15, 0.2) is 0 Å². The second kappa shape index (κ2) is 9.41. The standard InChI is InChI=1S/C20H26N2O4S/c1-21(16-17-10-5-4-6-11-17)20(23)14-9-15-22(27(3,24)25)18-12-7-8-13-19(18)26-2/h4-8,10-13H,9,14-16H2,1-3H3. The first kappa shape index (κ1) is 20.8. The molecule has 27 heavy (non-hydrogen) atoms. The minimum Gasteiger partial charge on any atom is -0.495 e. The fourth-order valence-electron chi connectivity index (χ4n) is 2.81. The van der Waals surface area contributed by atoms with Crippen LogP contribution in [0.1, 0.15) is 18.4 Å². The fourth-order valence-corrected chi connectivity index (χ4v) is 3.78. The number of hydrogen-bond donors (Lipinski definition) is 0. The first-order chi connectivity index (χ1) is 12.8. The molecule has 0 spiro atoms. The van der Waals surface area contributed by atoms with Crippen LogP contribution >= 0.6 is 0 Å². The van der Waals surface area contributed by atoms with Crippen molar-refractivity contribution >= 4 is 21.6 Å². The number of nitrogens with zero attached hydrogens (tertiary/aromatic N) is 2. The van der Waals surface area contributed by atoms with Gasteiger partial charge in [-0.1, -0.05) is 42.5 Å². The highest BCUT2D eigenvalue weighted by Crippen LogP contribution is 2.29. The summed E-state index contributed by atoms with van der Waals surface area (Å²) in [5.74, 6) is 0.461. The molecule has 0 saturated heterocycles. The van der Waals surface area contributed by atoms with E-state index in [0.29, 0.717) is 24.4 Å². The number of rotatable bonds is 9. The van der Waals surface area contributed by atoms with Crippen LogP contribution in [0.3, 0.4) is 0 Å². The molecule has 0 aromatic heterocycles. The fraction of sp³-hybridized carbons (Fsp3) is 0.350. The van der Waals surface area contributed by atoms with Gasteiger partial charge in [0.05, 0.1) is 19.1 Å². The molecule has 2 rings (SSSR count). The van der Waals surface area contributed by atoms with Gasteiger partial charge in [0.1, 0.15) is 5.75 Å². The monoisotopic (exact) mass is 390 g/mol. The Morgan fingerprint density at radius 2 is 1.67 bits per heavy atom. The summed E-state index contributed by atoms with van der Waals surface area (Å²) in [6.45, 7) is 0.742. The Hall–Kier alpha value is -2.54. The number of para-hydroxylation sites is 2. The summed E-state index contributed by atoms with van der Waals surface area (Å²) < 4.78 is 31.0. The molecule has 0 radical (unpaired) electrons. The van der Waals surface area contributed by atoms with Gasteiger partial charge in [-0.3, -0.25) is 9.10 Å². The van der Waals surface area contributed by atoms with E-state index in [4.69, 9.17) is 4.74 Å². The molecule has 2 aromatic carbocycles. The van der Waals surface area contributed by atoms with Crippen molar-refractivity contribution < 1.29 is 17.9 Å². The minimum absolute atomic E-state index is 0.0210. The Morgan fingerprint density at radius 3 is 2.30 bits per heavy atom. The predicted octanol–water partition coefficient (Wildman–Crippen LogP) is 2.90. The molecule has 0 aliphatic rings. The van der Waals surface area contributed by atoms with E-state index in [1.54, 1.807) is 36.2 Å². The molecule has 6 nitrogen and oxygen atoms in total. The van der Waals surface area contributed by atoms with Gasteiger partial charge in [-0.15, -0.1) is 0 Å². The van der Waals surface area contributed by atoms with Crippen LogP contribution in [-0.2, 0) is 21.4 Å². The Balaban J connectivity index is 1.98. The Morgan fingerprint density at radius 1 is 1.04 bits per heavy atom. The summed E-state index contributed by atoms with van der Waals surface area (Å²) in [5.41, 5.74) is 1.53.